The molecule has 17 heavy (non-hydrogen) atoms. The van der Waals surface area contributed by atoms with Gasteiger partial charge >= 0.3 is 5.82 Å². The quantitative estimate of drug-likeness (QED) is 0.591. The average molecular weight is 282 g/mol. The minimum Gasteiger partial charge on any atom is -0.390 e. The molecule has 2 heterocycles. The predicted molar refractivity (Wildman–Crippen MR) is 57.6 cm³/mol. The van der Waals surface area contributed by atoms with E-state index in [2.05, 4.69) is 5.10 Å². The summed E-state index contributed by atoms with van der Waals surface area (Å²) in [4.78, 5) is 9.75. The lowest BCUT2D eigenvalue weighted by molar-refractivity contribution is -0.389. The molecule has 0 radical (unpaired) electrons. The molecule has 1 N–H and O–H groups in total. The van der Waals surface area contributed by atoms with Crippen LogP contribution in [0.4, 0.5) is 5.82 Å². The van der Waals surface area contributed by atoms with Crippen LogP contribution in [0.3, 0.4) is 0 Å². The molecular weight excluding hydrogens is 274 g/mol. The van der Waals surface area contributed by atoms with Gasteiger partial charge in [0.05, 0.1) is 28.9 Å². The lowest BCUT2D eigenvalue weighted by Crippen LogP contribution is -2.22. The number of aliphatic hydroxyl groups excluding tert-OH is 1. The van der Waals surface area contributed by atoms with E-state index in [0.29, 0.717) is 0 Å². The summed E-state index contributed by atoms with van der Waals surface area (Å²) in [6.45, 7) is 0. The molecule has 1 aliphatic rings. The molecule has 2 unspecified atom stereocenters. The van der Waals surface area contributed by atoms with Crippen LogP contribution in [0.25, 0.3) is 0 Å². The summed E-state index contributed by atoms with van der Waals surface area (Å²) in [6.07, 6.45) is 0.0181. The third-order valence-corrected chi connectivity index (χ3v) is 4.44. The maximum Gasteiger partial charge on any atom is 0.408 e. The molecule has 0 aromatic carbocycles. The first-order valence-electron chi connectivity index (χ1n) is 4.58. The van der Waals surface area contributed by atoms with Gasteiger partial charge in [-0.1, -0.05) is 11.6 Å². The van der Waals surface area contributed by atoms with Crippen molar-refractivity contribution in [1.29, 1.82) is 0 Å². The van der Waals surface area contributed by atoms with Gasteiger partial charge in [-0.2, -0.15) is 4.68 Å². The number of hydrogen-bond acceptors (Lipinski definition) is 6. The average Bonchev–Trinajstić information content (AvgIpc) is 2.66. The highest BCUT2D eigenvalue weighted by Crippen LogP contribution is 2.28. The van der Waals surface area contributed by atoms with Gasteiger partial charge in [0.25, 0.3) is 0 Å². The van der Waals surface area contributed by atoms with Crippen LogP contribution in [0.15, 0.2) is 6.20 Å². The molecule has 94 valence electrons. The monoisotopic (exact) mass is 281 g/mol. The van der Waals surface area contributed by atoms with Crippen molar-refractivity contribution in [3.05, 3.63) is 21.3 Å². The number of sulfone groups is 1. The summed E-state index contributed by atoms with van der Waals surface area (Å²) in [5.41, 5.74) is 0. The van der Waals surface area contributed by atoms with Gasteiger partial charge in [-0.25, -0.2) is 8.42 Å². The van der Waals surface area contributed by atoms with Crippen molar-refractivity contribution >= 4 is 27.3 Å². The molecule has 1 aliphatic heterocycles. The summed E-state index contributed by atoms with van der Waals surface area (Å²) in [5, 5.41) is 23.5. The second kappa shape index (κ2) is 3.93. The fourth-order valence-electron chi connectivity index (χ4n) is 1.72. The van der Waals surface area contributed by atoms with Gasteiger partial charge in [-0.3, -0.25) is 0 Å². The highest BCUT2D eigenvalue weighted by molar-refractivity contribution is 7.91. The number of hydrogen-bond donors (Lipinski definition) is 1. The third kappa shape index (κ3) is 2.26. The smallest absolute Gasteiger partial charge is 0.390 e. The SMILES string of the molecule is O=[N+]([O-])c1nn(C2CS(=O)(=O)CC2O)cc1Cl. The lowest BCUT2D eigenvalue weighted by Gasteiger charge is -2.08. The lowest BCUT2D eigenvalue weighted by atomic mass is 10.2. The fourth-order valence-corrected chi connectivity index (χ4v) is 3.70. The Bertz CT molecular complexity index is 568. The predicted octanol–water partition coefficient (Wildman–Crippen LogP) is -0.225. The standard InChI is InChI=1S/C7H8ClN3O5S/c8-4-1-10(9-7(4)11(13)14)5-2-17(15,16)3-6(5)12/h1,5-6,12H,2-3H2. The molecule has 0 aliphatic carbocycles. The molecule has 0 bridgehead atoms. The second-order valence-electron chi connectivity index (χ2n) is 3.75. The topological polar surface area (TPSA) is 115 Å². The van der Waals surface area contributed by atoms with E-state index >= 15 is 0 Å². The van der Waals surface area contributed by atoms with Gasteiger partial charge in [0, 0.05) is 0 Å². The largest absolute Gasteiger partial charge is 0.408 e. The van der Waals surface area contributed by atoms with Crippen molar-refractivity contribution in [1.82, 2.24) is 9.78 Å². The van der Waals surface area contributed by atoms with Crippen molar-refractivity contribution in [2.45, 2.75) is 12.1 Å². The molecule has 2 atom stereocenters. The van der Waals surface area contributed by atoms with Gasteiger partial charge < -0.3 is 15.2 Å². The van der Waals surface area contributed by atoms with Crippen molar-refractivity contribution in [3.8, 4) is 0 Å². The summed E-state index contributed by atoms with van der Waals surface area (Å²) < 4.78 is 23.6. The summed E-state index contributed by atoms with van der Waals surface area (Å²) in [5.74, 6) is -1.23. The van der Waals surface area contributed by atoms with Crippen LogP contribution in [-0.4, -0.2) is 45.8 Å². The Morgan fingerprint density at radius 2 is 2.24 bits per heavy atom. The van der Waals surface area contributed by atoms with Gasteiger partial charge in [-0.05, 0) is 4.92 Å². The normalized spacial score (nSPS) is 27.2. The Hall–Kier alpha value is -1.19. The maximum absolute atomic E-state index is 11.3. The molecule has 10 heteroatoms. The maximum atomic E-state index is 11.3. The Kier molecular flexibility index (Phi) is 2.84. The Balaban J connectivity index is 2.36. The molecule has 8 nitrogen and oxygen atoms in total. The van der Waals surface area contributed by atoms with Crippen LogP contribution >= 0.6 is 11.6 Å². The van der Waals surface area contributed by atoms with E-state index in [-0.39, 0.29) is 16.5 Å². The zero-order valence-electron chi connectivity index (χ0n) is 8.35. The Morgan fingerprint density at radius 1 is 1.59 bits per heavy atom. The molecule has 1 aromatic rings. The molecule has 1 saturated heterocycles. The van der Waals surface area contributed by atoms with E-state index in [4.69, 9.17) is 11.6 Å². The number of nitro groups is 1. The highest BCUT2D eigenvalue weighted by atomic mass is 35.5. The van der Waals surface area contributed by atoms with E-state index in [1.165, 1.54) is 0 Å². The molecule has 0 amide bonds. The number of nitrogens with zero attached hydrogens (tertiary/aromatic N) is 3. The molecule has 2 rings (SSSR count). The van der Waals surface area contributed by atoms with E-state index in [9.17, 15) is 23.6 Å². The van der Waals surface area contributed by atoms with E-state index in [0.717, 1.165) is 10.9 Å². The van der Waals surface area contributed by atoms with Crippen molar-refractivity contribution < 1.29 is 18.4 Å². The molecular formula is C7H8ClN3O5S. The minimum absolute atomic E-state index is 0.188. The van der Waals surface area contributed by atoms with Crippen LogP contribution in [0.5, 0.6) is 0 Å². The molecule has 0 saturated carbocycles. The molecule has 0 spiro atoms. The summed E-state index contributed by atoms with van der Waals surface area (Å²) in [7, 11) is -3.34. The summed E-state index contributed by atoms with van der Waals surface area (Å²) >= 11 is 5.58. The minimum atomic E-state index is -3.34. The number of halogens is 1. The number of aromatic nitrogens is 2. The van der Waals surface area contributed by atoms with Crippen LogP contribution in [0.2, 0.25) is 5.02 Å². The van der Waals surface area contributed by atoms with Gasteiger partial charge in [0.2, 0.25) is 0 Å². The number of rotatable bonds is 2. The first-order chi connectivity index (χ1) is 7.80. The Labute approximate surface area is 101 Å². The third-order valence-electron chi connectivity index (χ3n) is 2.48. The molecule has 1 fully saturated rings. The zero-order chi connectivity index (χ0) is 12.8. The van der Waals surface area contributed by atoms with Crippen LogP contribution in [0.1, 0.15) is 6.04 Å². The molecule has 1 aromatic heterocycles. The van der Waals surface area contributed by atoms with Crippen LogP contribution < -0.4 is 0 Å². The van der Waals surface area contributed by atoms with Crippen molar-refractivity contribution in [2.24, 2.45) is 0 Å². The van der Waals surface area contributed by atoms with E-state index in [1.807, 2.05) is 0 Å². The second-order valence-corrected chi connectivity index (χ2v) is 6.31. The highest BCUT2D eigenvalue weighted by Gasteiger charge is 2.40. The van der Waals surface area contributed by atoms with Crippen molar-refractivity contribution in [2.75, 3.05) is 11.5 Å². The van der Waals surface area contributed by atoms with Crippen LogP contribution in [0, 0.1) is 10.1 Å². The van der Waals surface area contributed by atoms with Gasteiger partial charge in [-0.15, -0.1) is 0 Å². The van der Waals surface area contributed by atoms with Gasteiger partial charge in [0.15, 0.2) is 14.9 Å². The number of aliphatic hydroxyl groups is 1. The Morgan fingerprint density at radius 3 is 2.65 bits per heavy atom. The first-order valence-corrected chi connectivity index (χ1v) is 6.77. The van der Waals surface area contributed by atoms with Crippen molar-refractivity contribution in [3.63, 3.8) is 0 Å². The zero-order valence-corrected chi connectivity index (χ0v) is 9.93. The van der Waals surface area contributed by atoms with Crippen LogP contribution in [-0.2, 0) is 9.84 Å². The van der Waals surface area contributed by atoms with Gasteiger partial charge in [0.1, 0.15) is 6.04 Å². The van der Waals surface area contributed by atoms with E-state index in [1.54, 1.807) is 0 Å². The summed E-state index contributed by atoms with van der Waals surface area (Å²) in [6, 6.07) is -0.828. The first kappa shape index (κ1) is 12.3. The van der Waals surface area contributed by atoms with E-state index < -0.39 is 32.7 Å². The fraction of sp³-hybridized carbons (Fsp3) is 0.571.